The average molecular weight is 246 g/mol. The lowest BCUT2D eigenvalue weighted by atomic mass is 10.0. The van der Waals surface area contributed by atoms with Crippen molar-refractivity contribution in [2.45, 2.75) is 32.1 Å². The Morgan fingerprint density at radius 3 is 2.76 bits per heavy atom. The molecule has 1 N–H and O–H groups in total. The molecule has 1 aromatic heterocycles. The van der Waals surface area contributed by atoms with Crippen molar-refractivity contribution >= 4 is 22.7 Å². The second-order valence-electron chi connectivity index (χ2n) is 4.45. The summed E-state index contributed by atoms with van der Waals surface area (Å²) in [6, 6.07) is 8.79. The van der Waals surface area contributed by atoms with Gasteiger partial charge in [-0.25, -0.2) is 0 Å². The summed E-state index contributed by atoms with van der Waals surface area (Å²) < 4.78 is 3.48. The molecule has 0 bridgehead atoms. The standard InChI is InChI=1S/C14H18N2S/c1-10(2)17-16-11(3)13-6-4-5-12-7-8-15-9-14(12)13/h4-11,16H,1-3H3. The topological polar surface area (TPSA) is 24.9 Å². The van der Waals surface area contributed by atoms with Gasteiger partial charge in [-0.2, -0.15) is 0 Å². The highest BCUT2D eigenvalue weighted by Gasteiger charge is 2.09. The van der Waals surface area contributed by atoms with E-state index in [1.165, 1.54) is 16.3 Å². The van der Waals surface area contributed by atoms with Crippen LogP contribution in [0.15, 0.2) is 36.7 Å². The monoisotopic (exact) mass is 246 g/mol. The first-order valence-corrected chi connectivity index (χ1v) is 6.80. The van der Waals surface area contributed by atoms with Crippen molar-refractivity contribution in [3.8, 4) is 0 Å². The average Bonchev–Trinajstić information content (AvgIpc) is 2.35. The van der Waals surface area contributed by atoms with Crippen LogP contribution in [-0.2, 0) is 0 Å². The Balaban J connectivity index is 2.28. The van der Waals surface area contributed by atoms with Gasteiger partial charge < -0.3 is 0 Å². The van der Waals surface area contributed by atoms with Crippen molar-refractivity contribution in [1.29, 1.82) is 0 Å². The first-order chi connectivity index (χ1) is 8.18. The zero-order chi connectivity index (χ0) is 12.3. The van der Waals surface area contributed by atoms with Crippen molar-refractivity contribution in [2.75, 3.05) is 0 Å². The number of benzene rings is 1. The van der Waals surface area contributed by atoms with Crippen molar-refractivity contribution in [2.24, 2.45) is 0 Å². The Kier molecular flexibility index (Phi) is 4.02. The molecule has 90 valence electrons. The van der Waals surface area contributed by atoms with E-state index in [0.717, 1.165) is 0 Å². The van der Waals surface area contributed by atoms with E-state index in [9.17, 15) is 0 Å². The van der Waals surface area contributed by atoms with E-state index >= 15 is 0 Å². The van der Waals surface area contributed by atoms with Crippen LogP contribution in [0.5, 0.6) is 0 Å². The predicted octanol–water partition coefficient (Wildman–Crippen LogP) is 3.94. The summed E-state index contributed by atoms with van der Waals surface area (Å²) in [5.41, 5.74) is 1.31. The lowest BCUT2D eigenvalue weighted by Crippen LogP contribution is -2.13. The van der Waals surface area contributed by atoms with Gasteiger partial charge in [-0.05, 0) is 23.9 Å². The molecule has 2 nitrogen and oxygen atoms in total. The van der Waals surface area contributed by atoms with Gasteiger partial charge in [0.05, 0.1) is 0 Å². The van der Waals surface area contributed by atoms with E-state index in [0.29, 0.717) is 11.3 Å². The molecule has 17 heavy (non-hydrogen) atoms. The van der Waals surface area contributed by atoms with Crippen molar-refractivity contribution in [3.05, 3.63) is 42.2 Å². The molecule has 0 aliphatic carbocycles. The Labute approximate surface area is 107 Å². The van der Waals surface area contributed by atoms with Gasteiger partial charge in [-0.1, -0.05) is 44.0 Å². The van der Waals surface area contributed by atoms with Crippen LogP contribution in [0.3, 0.4) is 0 Å². The summed E-state index contributed by atoms with van der Waals surface area (Å²) in [7, 11) is 0. The highest BCUT2D eigenvalue weighted by Crippen LogP contribution is 2.25. The van der Waals surface area contributed by atoms with Crippen molar-refractivity contribution in [3.63, 3.8) is 0 Å². The molecule has 0 fully saturated rings. The summed E-state index contributed by atoms with van der Waals surface area (Å²) in [4.78, 5) is 4.22. The lowest BCUT2D eigenvalue weighted by molar-refractivity contribution is 0.757. The molecule has 0 aliphatic rings. The molecule has 0 saturated heterocycles. The number of hydrogen-bond donors (Lipinski definition) is 1. The molecule has 3 heteroatoms. The molecule has 1 heterocycles. The molecule has 0 radical (unpaired) electrons. The first-order valence-electron chi connectivity index (χ1n) is 5.92. The van der Waals surface area contributed by atoms with Crippen molar-refractivity contribution < 1.29 is 0 Å². The van der Waals surface area contributed by atoms with Crippen LogP contribution >= 0.6 is 11.9 Å². The maximum absolute atomic E-state index is 4.22. The smallest absolute Gasteiger partial charge is 0.0400 e. The molecule has 1 unspecified atom stereocenters. The normalized spacial score (nSPS) is 13.2. The molecule has 2 aromatic rings. The number of aromatic nitrogens is 1. The van der Waals surface area contributed by atoms with Crippen LogP contribution < -0.4 is 4.72 Å². The molecular formula is C14H18N2S. The second kappa shape index (κ2) is 5.52. The summed E-state index contributed by atoms with van der Waals surface area (Å²) >= 11 is 1.77. The van der Waals surface area contributed by atoms with E-state index in [1.807, 2.05) is 12.4 Å². The number of pyridine rings is 1. The van der Waals surface area contributed by atoms with Gasteiger partial charge in [0.15, 0.2) is 0 Å². The zero-order valence-electron chi connectivity index (χ0n) is 10.5. The highest BCUT2D eigenvalue weighted by molar-refractivity contribution is 7.97. The van der Waals surface area contributed by atoms with Gasteiger partial charge in [0, 0.05) is 29.1 Å². The van der Waals surface area contributed by atoms with E-state index in [2.05, 4.69) is 54.7 Å². The molecule has 0 amide bonds. The predicted molar refractivity (Wildman–Crippen MR) is 76.0 cm³/mol. The summed E-state index contributed by atoms with van der Waals surface area (Å²) in [6.45, 7) is 6.57. The Hall–Kier alpha value is -1.06. The molecule has 1 atom stereocenters. The van der Waals surface area contributed by atoms with Crippen LogP contribution in [-0.4, -0.2) is 10.2 Å². The fourth-order valence-corrected chi connectivity index (χ4v) is 2.42. The van der Waals surface area contributed by atoms with Crippen LogP contribution in [0.1, 0.15) is 32.4 Å². The third-order valence-electron chi connectivity index (χ3n) is 2.66. The third-order valence-corrected chi connectivity index (χ3v) is 3.63. The SMILES string of the molecule is CC(C)SNC(C)c1cccc2ccncc12. The van der Waals surface area contributed by atoms with Crippen molar-refractivity contribution in [1.82, 2.24) is 9.71 Å². The van der Waals surface area contributed by atoms with E-state index in [1.54, 1.807) is 11.9 Å². The van der Waals surface area contributed by atoms with E-state index < -0.39 is 0 Å². The summed E-state index contributed by atoms with van der Waals surface area (Å²) in [6.07, 6.45) is 3.79. The molecule has 0 aliphatic heterocycles. The van der Waals surface area contributed by atoms with Crippen LogP contribution in [0.25, 0.3) is 10.8 Å². The lowest BCUT2D eigenvalue weighted by Gasteiger charge is -2.16. The van der Waals surface area contributed by atoms with Gasteiger partial charge in [0.2, 0.25) is 0 Å². The molecule has 0 saturated carbocycles. The number of fused-ring (bicyclic) bond motifs is 1. The Morgan fingerprint density at radius 1 is 1.18 bits per heavy atom. The Morgan fingerprint density at radius 2 is 2.00 bits per heavy atom. The van der Waals surface area contributed by atoms with Gasteiger partial charge in [-0.3, -0.25) is 9.71 Å². The second-order valence-corrected chi connectivity index (χ2v) is 5.86. The number of hydrogen-bond acceptors (Lipinski definition) is 3. The minimum absolute atomic E-state index is 0.329. The summed E-state index contributed by atoms with van der Waals surface area (Å²) in [5.74, 6) is 0. The highest BCUT2D eigenvalue weighted by atomic mass is 32.2. The third kappa shape index (κ3) is 2.99. The molecule has 0 spiro atoms. The maximum Gasteiger partial charge on any atom is 0.0400 e. The molecule has 1 aromatic carbocycles. The maximum atomic E-state index is 4.22. The van der Waals surface area contributed by atoms with E-state index in [4.69, 9.17) is 0 Å². The fourth-order valence-electron chi connectivity index (χ4n) is 1.82. The quantitative estimate of drug-likeness (QED) is 0.827. The zero-order valence-corrected chi connectivity index (χ0v) is 11.3. The van der Waals surface area contributed by atoms with Gasteiger partial charge in [-0.15, -0.1) is 0 Å². The van der Waals surface area contributed by atoms with Crippen LogP contribution in [0.2, 0.25) is 0 Å². The van der Waals surface area contributed by atoms with Gasteiger partial charge >= 0.3 is 0 Å². The molecular weight excluding hydrogens is 228 g/mol. The largest absolute Gasteiger partial charge is 0.264 e. The van der Waals surface area contributed by atoms with Gasteiger partial charge in [0.25, 0.3) is 0 Å². The van der Waals surface area contributed by atoms with Crippen LogP contribution in [0.4, 0.5) is 0 Å². The van der Waals surface area contributed by atoms with Crippen LogP contribution in [0, 0.1) is 0 Å². The first kappa shape index (κ1) is 12.4. The number of rotatable bonds is 4. The number of nitrogens with one attached hydrogen (secondary N) is 1. The summed E-state index contributed by atoms with van der Waals surface area (Å²) in [5, 5.41) is 3.07. The minimum atomic E-state index is 0.329. The molecule has 2 rings (SSSR count). The van der Waals surface area contributed by atoms with E-state index in [-0.39, 0.29) is 0 Å². The Bertz CT molecular complexity index is 491. The van der Waals surface area contributed by atoms with Gasteiger partial charge in [0.1, 0.15) is 0 Å². The number of nitrogens with zero attached hydrogens (tertiary/aromatic N) is 1. The minimum Gasteiger partial charge on any atom is -0.264 e. The fraction of sp³-hybridized carbons (Fsp3) is 0.357.